The molecule has 1 aliphatic heterocycles. The predicted molar refractivity (Wildman–Crippen MR) is 91.9 cm³/mol. The average Bonchev–Trinajstić information content (AvgIpc) is 2.75. The first-order chi connectivity index (χ1) is 11.3. The molecule has 6 nitrogen and oxygen atoms in total. The van der Waals surface area contributed by atoms with E-state index in [1.54, 1.807) is 30.3 Å². The molecule has 2 aromatic carbocycles. The first-order valence-electron chi connectivity index (χ1n) is 7.45. The molecule has 3 rings (SSSR count). The van der Waals surface area contributed by atoms with Crippen LogP contribution in [-0.2, 0) is 14.8 Å². The van der Waals surface area contributed by atoms with E-state index in [4.69, 9.17) is 0 Å². The molecule has 0 spiro atoms. The summed E-state index contributed by atoms with van der Waals surface area (Å²) in [7, 11) is 0.0161. The number of carboxylic acid groups (broad SMARTS) is 1. The number of anilines is 2. The van der Waals surface area contributed by atoms with Gasteiger partial charge in [0.1, 0.15) is 0 Å². The molecular weight excluding hydrogens is 328 g/mol. The van der Waals surface area contributed by atoms with E-state index in [2.05, 4.69) is 0 Å². The molecule has 1 unspecified atom stereocenters. The molecule has 0 saturated heterocycles. The number of carbonyl (C=O) groups is 1. The van der Waals surface area contributed by atoms with Gasteiger partial charge in [-0.05, 0) is 35.9 Å². The normalized spacial score (nSPS) is 18.2. The number of carboxylic acids is 1. The van der Waals surface area contributed by atoms with Crippen LogP contribution in [0, 0.1) is 0 Å². The van der Waals surface area contributed by atoms with Crippen molar-refractivity contribution >= 4 is 27.4 Å². The minimum absolute atomic E-state index is 0.174. The van der Waals surface area contributed by atoms with E-state index < -0.39 is 22.0 Å². The molecule has 0 aliphatic carbocycles. The van der Waals surface area contributed by atoms with Crippen molar-refractivity contribution in [2.24, 2.45) is 0 Å². The molecule has 0 fully saturated rings. The zero-order valence-electron chi connectivity index (χ0n) is 13.4. The van der Waals surface area contributed by atoms with Crippen LogP contribution in [0.5, 0.6) is 0 Å². The lowest BCUT2D eigenvalue weighted by Gasteiger charge is -2.25. The van der Waals surface area contributed by atoms with E-state index in [0.29, 0.717) is 11.3 Å². The van der Waals surface area contributed by atoms with Gasteiger partial charge in [-0.15, -0.1) is 0 Å². The van der Waals surface area contributed by atoms with Gasteiger partial charge >= 0.3 is 5.97 Å². The van der Waals surface area contributed by atoms with Gasteiger partial charge < -0.3 is 10.0 Å². The van der Waals surface area contributed by atoms with Crippen LogP contribution in [0.3, 0.4) is 0 Å². The Kier molecular flexibility index (Phi) is 3.96. The highest BCUT2D eigenvalue weighted by Gasteiger charge is 2.43. The number of hydrogen-bond acceptors (Lipinski definition) is 4. The highest BCUT2D eigenvalue weighted by molar-refractivity contribution is 7.93. The van der Waals surface area contributed by atoms with Gasteiger partial charge in [-0.3, -0.25) is 9.10 Å². The first-order valence-corrected chi connectivity index (χ1v) is 8.89. The maximum Gasteiger partial charge on any atom is 0.305 e. The number of hydrogen-bond donors (Lipinski definition) is 1. The van der Waals surface area contributed by atoms with Crippen LogP contribution in [0.15, 0.2) is 53.4 Å². The number of aliphatic carboxylic acids is 1. The molecular formula is C17H18N2O4S. The van der Waals surface area contributed by atoms with Gasteiger partial charge in [0.2, 0.25) is 0 Å². The van der Waals surface area contributed by atoms with Gasteiger partial charge in [-0.2, -0.15) is 0 Å². The van der Waals surface area contributed by atoms with Crippen LogP contribution >= 0.6 is 0 Å². The Hall–Kier alpha value is -2.54. The molecule has 1 atom stereocenters. The lowest BCUT2D eigenvalue weighted by molar-refractivity contribution is -0.137. The second kappa shape index (κ2) is 5.83. The number of benzene rings is 2. The Bertz CT molecular complexity index is 876. The van der Waals surface area contributed by atoms with Crippen molar-refractivity contribution in [3.05, 3.63) is 54.1 Å². The van der Waals surface area contributed by atoms with E-state index >= 15 is 0 Å². The van der Waals surface area contributed by atoms with E-state index in [9.17, 15) is 18.3 Å². The number of rotatable bonds is 4. The molecule has 0 bridgehead atoms. The summed E-state index contributed by atoms with van der Waals surface area (Å²) in [6.45, 7) is 0. The van der Waals surface area contributed by atoms with Crippen LogP contribution < -0.4 is 9.21 Å². The second-order valence-corrected chi connectivity index (χ2v) is 7.65. The molecule has 0 saturated carbocycles. The summed E-state index contributed by atoms with van der Waals surface area (Å²) in [4.78, 5) is 13.4. The van der Waals surface area contributed by atoms with E-state index in [1.165, 1.54) is 10.4 Å². The van der Waals surface area contributed by atoms with Crippen molar-refractivity contribution in [3.8, 4) is 0 Å². The fourth-order valence-electron chi connectivity index (χ4n) is 2.97. The van der Waals surface area contributed by atoms with Crippen molar-refractivity contribution < 1.29 is 18.3 Å². The summed E-state index contributed by atoms with van der Waals surface area (Å²) in [6, 6.07) is 12.9. The Morgan fingerprint density at radius 2 is 1.75 bits per heavy atom. The SMILES string of the molecule is CN(C)c1ccc(N2C(CC(=O)O)c3ccccc3S2(=O)=O)cc1. The standard InChI is InChI=1S/C17H18N2O4S/c1-18(2)12-7-9-13(10-8-12)19-15(11-17(20)21)14-5-3-4-6-16(14)24(19,22)23/h3-10,15H,11H2,1-2H3,(H,20,21). The van der Waals surface area contributed by atoms with Gasteiger partial charge in [0.25, 0.3) is 10.0 Å². The lowest BCUT2D eigenvalue weighted by atomic mass is 10.0. The third-order valence-corrected chi connectivity index (χ3v) is 6.00. The molecule has 24 heavy (non-hydrogen) atoms. The minimum atomic E-state index is -3.77. The molecule has 7 heteroatoms. The van der Waals surface area contributed by atoms with Crippen LogP contribution in [0.1, 0.15) is 18.0 Å². The van der Waals surface area contributed by atoms with Crippen LogP contribution in [0.2, 0.25) is 0 Å². The molecule has 1 N–H and O–H groups in total. The summed E-state index contributed by atoms with van der Waals surface area (Å²) < 4.78 is 27.0. The third kappa shape index (κ3) is 2.60. The summed E-state index contributed by atoms with van der Waals surface area (Å²) in [6.07, 6.45) is -0.286. The third-order valence-electron chi connectivity index (χ3n) is 4.09. The Labute approximate surface area is 141 Å². The molecule has 126 valence electrons. The van der Waals surface area contributed by atoms with E-state index in [-0.39, 0.29) is 11.3 Å². The molecule has 0 aromatic heterocycles. The fourth-order valence-corrected chi connectivity index (χ4v) is 4.85. The topological polar surface area (TPSA) is 77.9 Å². The van der Waals surface area contributed by atoms with Crippen molar-refractivity contribution in [3.63, 3.8) is 0 Å². The molecule has 2 aromatic rings. The molecule has 1 heterocycles. The maximum atomic E-state index is 12.9. The summed E-state index contributed by atoms with van der Waals surface area (Å²) in [5, 5.41) is 9.22. The summed E-state index contributed by atoms with van der Waals surface area (Å²) in [5.74, 6) is -1.04. The highest BCUT2D eigenvalue weighted by atomic mass is 32.2. The Morgan fingerprint density at radius 1 is 1.12 bits per heavy atom. The van der Waals surface area contributed by atoms with Gasteiger partial charge in [0, 0.05) is 19.8 Å². The van der Waals surface area contributed by atoms with Crippen LogP contribution in [-0.4, -0.2) is 33.6 Å². The highest BCUT2D eigenvalue weighted by Crippen LogP contribution is 2.44. The first kappa shape index (κ1) is 16.3. The number of nitrogens with zero attached hydrogens (tertiary/aromatic N) is 2. The van der Waals surface area contributed by atoms with Crippen LogP contribution in [0.4, 0.5) is 11.4 Å². The van der Waals surface area contributed by atoms with Crippen molar-refractivity contribution in [1.82, 2.24) is 0 Å². The number of fused-ring (bicyclic) bond motifs is 1. The zero-order chi connectivity index (χ0) is 17.5. The number of sulfonamides is 1. The maximum absolute atomic E-state index is 12.9. The molecule has 0 radical (unpaired) electrons. The fraction of sp³-hybridized carbons (Fsp3) is 0.235. The van der Waals surface area contributed by atoms with Crippen molar-refractivity contribution in [2.75, 3.05) is 23.3 Å². The van der Waals surface area contributed by atoms with Gasteiger partial charge in [-0.25, -0.2) is 8.42 Å². The second-order valence-electron chi connectivity index (χ2n) is 5.86. The largest absolute Gasteiger partial charge is 0.481 e. The Balaban J connectivity index is 2.12. The summed E-state index contributed by atoms with van der Waals surface area (Å²) >= 11 is 0. The van der Waals surface area contributed by atoms with Crippen LogP contribution in [0.25, 0.3) is 0 Å². The Morgan fingerprint density at radius 3 is 2.33 bits per heavy atom. The zero-order valence-corrected chi connectivity index (χ0v) is 14.2. The lowest BCUT2D eigenvalue weighted by Crippen LogP contribution is -2.29. The van der Waals surface area contributed by atoms with E-state index in [1.807, 2.05) is 31.1 Å². The molecule has 0 amide bonds. The quantitative estimate of drug-likeness (QED) is 0.920. The van der Waals surface area contributed by atoms with E-state index in [0.717, 1.165) is 5.69 Å². The van der Waals surface area contributed by atoms with Crippen molar-refractivity contribution in [1.29, 1.82) is 0 Å². The minimum Gasteiger partial charge on any atom is -0.481 e. The summed E-state index contributed by atoms with van der Waals surface area (Å²) in [5.41, 5.74) is 1.92. The van der Waals surface area contributed by atoms with Gasteiger partial charge in [0.05, 0.1) is 23.0 Å². The smallest absolute Gasteiger partial charge is 0.305 e. The van der Waals surface area contributed by atoms with Crippen molar-refractivity contribution in [2.45, 2.75) is 17.4 Å². The monoisotopic (exact) mass is 346 g/mol. The predicted octanol–water partition coefficient (Wildman–Crippen LogP) is 2.48. The van der Waals surface area contributed by atoms with Gasteiger partial charge in [0.15, 0.2) is 0 Å². The molecule has 1 aliphatic rings. The average molecular weight is 346 g/mol. The van der Waals surface area contributed by atoms with Gasteiger partial charge in [-0.1, -0.05) is 18.2 Å².